The lowest BCUT2D eigenvalue weighted by Gasteiger charge is -2.27. The molecule has 3 aromatic heterocycles. The number of fused-ring (bicyclic) bond motifs is 1. The smallest absolute Gasteiger partial charge is 0.296 e. The van der Waals surface area contributed by atoms with Crippen molar-refractivity contribution in [1.82, 2.24) is 39.4 Å². The van der Waals surface area contributed by atoms with Gasteiger partial charge in [0.25, 0.3) is 6.43 Å². The Morgan fingerprint density at radius 3 is 2.60 bits per heavy atom. The third kappa shape index (κ3) is 5.70. The summed E-state index contributed by atoms with van der Waals surface area (Å²) in [5.74, 6) is 0.536. The molecule has 0 saturated carbocycles. The van der Waals surface area contributed by atoms with Crippen LogP contribution in [-0.2, 0) is 4.74 Å². The molecule has 4 aromatic rings. The summed E-state index contributed by atoms with van der Waals surface area (Å²) in [6, 6.07) is 5.00. The van der Waals surface area contributed by atoms with Gasteiger partial charge in [-0.2, -0.15) is 15.0 Å². The summed E-state index contributed by atoms with van der Waals surface area (Å²) >= 11 is 0. The first-order chi connectivity index (χ1) is 19.4. The highest BCUT2D eigenvalue weighted by Gasteiger charge is 2.26. The number of methoxy groups -OCH3 is 1. The van der Waals surface area contributed by atoms with Crippen molar-refractivity contribution in [3.63, 3.8) is 0 Å². The minimum atomic E-state index is -2.91. The number of nitrogens with one attached hydrogen (secondary N) is 1. The maximum Gasteiger partial charge on any atom is 0.296 e. The summed E-state index contributed by atoms with van der Waals surface area (Å²) in [7, 11) is 5.46. The summed E-state index contributed by atoms with van der Waals surface area (Å²) in [5, 5.41) is 3.19. The highest BCUT2D eigenvalue weighted by Crippen LogP contribution is 2.33. The largest absolute Gasteiger partial charge is 0.494 e. The Labute approximate surface area is 229 Å². The van der Waals surface area contributed by atoms with Gasteiger partial charge in [0.1, 0.15) is 17.0 Å². The predicted octanol–water partition coefficient (Wildman–Crippen LogP) is 2.40. The van der Waals surface area contributed by atoms with Gasteiger partial charge in [0.2, 0.25) is 17.8 Å². The highest BCUT2D eigenvalue weighted by molar-refractivity contribution is 5.84. The number of alkyl halides is 2. The van der Waals surface area contributed by atoms with Crippen LogP contribution in [-0.4, -0.2) is 100.0 Å². The fraction of sp³-hybridized carbons (Fsp3) is 0.440. The van der Waals surface area contributed by atoms with Crippen molar-refractivity contribution in [3.8, 4) is 23.2 Å². The maximum absolute atomic E-state index is 14.3. The van der Waals surface area contributed by atoms with E-state index in [-0.39, 0.29) is 34.6 Å². The van der Waals surface area contributed by atoms with Gasteiger partial charge in [0, 0.05) is 19.6 Å². The molecular weight excluding hydrogens is 524 g/mol. The summed E-state index contributed by atoms with van der Waals surface area (Å²) < 4.78 is 40.7. The molecule has 0 atom stereocenters. The molecule has 4 heterocycles. The van der Waals surface area contributed by atoms with Gasteiger partial charge in [-0.3, -0.25) is 4.57 Å². The van der Waals surface area contributed by atoms with E-state index in [0.29, 0.717) is 50.1 Å². The highest BCUT2D eigenvalue weighted by atomic mass is 19.3. The zero-order chi connectivity index (χ0) is 28.2. The van der Waals surface area contributed by atoms with Crippen molar-refractivity contribution >= 4 is 28.6 Å². The molecule has 13 nitrogen and oxygen atoms in total. The number of halogens is 2. The summed E-state index contributed by atoms with van der Waals surface area (Å²) in [4.78, 5) is 30.8. The number of anilines is 3. The molecule has 0 aliphatic carbocycles. The minimum Gasteiger partial charge on any atom is -0.494 e. The molecule has 212 valence electrons. The van der Waals surface area contributed by atoms with Crippen LogP contribution < -0.4 is 20.7 Å². The van der Waals surface area contributed by atoms with Crippen molar-refractivity contribution in [2.24, 2.45) is 0 Å². The molecule has 0 spiro atoms. The Hall–Kier alpha value is -4.24. The topological polar surface area (TPSA) is 145 Å². The Kier molecular flexibility index (Phi) is 8.11. The van der Waals surface area contributed by atoms with Crippen LogP contribution in [0.15, 0.2) is 24.4 Å². The summed E-state index contributed by atoms with van der Waals surface area (Å²) in [6.07, 6.45) is -0.566. The molecule has 40 heavy (non-hydrogen) atoms. The van der Waals surface area contributed by atoms with E-state index in [9.17, 15) is 8.78 Å². The number of benzene rings is 1. The molecule has 0 radical (unpaired) electrons. The van der Waals surface area contributed by atoms with Crippen molar-refractivity contribution in [2.75, 3.05) is 76.5 Å². The summed E-state index contributed by atoms with van der Waals surface area (Å²) in [5.41, 5.74) is 7.38. The molecule has 1 saturated heterocycles. The van der Waals surface area contributed by atoms with E-state index < -0.39 is 12.2 Å². The third-order valence-electron chi connectivity index (χ3n) is 6.29. The minimum absolute atomic E-state index is 0.0453. The predicted molar refractivity (Wildman–Crippen MR) is 146 cm³/mol. The molecule has 0 bridgehead atoms. The Bertz CT molecular complexity index is 1470. The molecule has 0 unspecified atom stereocenters. The quantitative estimate of drug-likeness (QED) is 0.277. The number of ether oxygens (including phenoxy) is 2. The summed E-state index contributed by atoms with van der Waals surface area (Å²) in [6.45, 7) is 3.51. The molecule has 1 aliphatic rings. The molecule has 1 aromatic carbocycles. The van der Waals surface area contributed by atoms with Crippen LogP contribution in [0.2, 0.25) is 0 Å². The van der Waals surface area contributed by atoms with Crippen LogP contribution in [0.4, 0.5) is 26.4 Å². The number of rotatable bonds is 10. The van der Waals surface area contributed by atoms with Crippen molar-refractivity contribution in [1.29, 1.82) is 0 Å². The van der Waals surface area contributed by atoms with Gasteiger partial charge >= 0.3 is 0 Å². The first-order valence-corrected chi connectivity index (χ1v) is 12.8. The molecular formula is C25H31F2N11O2. The van der Waals surface area contributed by atoms with Crippen molar-refractivity contribution < 1.29 is 18.3 Å². The number of aromatic nitrogens is 7. The number of hydrogen-bond acceptors (Lipinski definition) is 12. The molecule has 3 N–H and O–H groups in total. The third-order valence-corrected chi connectivity index (χ3v) is 6.29. The number of imidazole rings is 1. The Balaban J connectivity index is 1.64. The Morgan fingerprint density at radius 2 is 1.88 bits per heavy atom. The molecule has 15 heteroatoms. The van der Waals surface area contributed by atoms with Crippen LogP contribution in [0.25, 0.3) is 28.5 Å². The van der Waals surface area contributed by atoms with Gasteiger partial charge in [-0.15, -0.1) is 0 Å². The average Bonchev–Trinajstić information content (AvgIpc) is 3.37. The second-order valence-corrected chi connectivity index (χ2v) is 9.37. The molecule has 1 aliphatic heterocycles. The second-order valence-electron chi connectivity index (χ2n) is 9.37. The lowest BCUT2D eigenvalue weighted by molar-refractivity contribution is 0.122. The number of nitrogens with two attached hydrogens (primary N) is 1. The van der Waals surface area contributed by atoms with Crippen molar-refractivity contribution in [3.05, 3.63) is 30.2 Å². The van der Waals surface area contributed by atoms with Gasteiger partial charge < -0.3 is 30.3 Å². The van der Waals surface area contributed by atoms with E-state index in [4.69, 9.17) is 15.2 Å². The van der Waals surface area contributed by atoms with Crippen LogP contribution in [0, 0.1) is 0 Å². The SMILES string of the molecule is COc1cccc2c1nc(C(F)F)n2-c1nc(-c2nc(NCCCN(C)C)ncc2N)nc(N2CCOCC2)n1. The number of morpholine rings is 1. The average molecular weight is 556 g/mol. The van der Waals surface area contributed by atoms with Gasteiger partial charge in [-0.1, -0.05) is 6.07 Å². The lowest BCUT2D eigenvalue weighted by atomic mass is 10.3. The van der Waals surface area contributed by atoms with Gasteiger partial charge in [0.15, 0.2) is 11.6 Å². The first kappa shape index (κ1) is 27.3. The van der Waals surface area contributed by atoms with Crippen LogP contribution in [0.1, 0.15) is 18.7 Å². The van der Waals surface area contributed by atoms with Crippen LogP contribution in [0.5, 0.6) is 5.75 Å². The van der Waals surface area contributed by atoms with Gasteiger partial charge in [-0.25, -0.2) is 23.7 Å². The van der Waals surface area contributed by atoms with E-state index in [2.05, 4.69) is 40.1 Å². The number of para-hydroxylation sites is 1. The lowest BCUT2D eigenvalue weighted by Crippen LogP contribution is -2.37. The normalized spacial score (nSPS) is 13.9. The molecule has 0 amide bonds. The van der Waals surface area contributed by atoms with Crippen LogP contribution >= 0.6 is 0 Å². The maximum atomic E-state index is 14.3. The fourth-order valence-corrected chi connectivity index (χ4v) is 4.33. The van der Waals surface area contributed by atoms with E-state index in [1.54, 1.807) is 18.2 Å². The second kappa shape index (κ2) is 11.9. The van der Waals surface area contributed by atoms with E-state index in [1.807, 2.05) is 19.0 Å². The molecule has 5 rings (SSSR count). The number of nitrogens with zero attached hydrogens (tertiary/aromatic N) is 9. The fourth-order valence-electron chi connectivity index (χ4n) is 4.33. The van der Waals surface area contributed by atoms with Crippen LogP contribution in [0.3, 0.4) is 0 Å². The zero-order valence-electron chi connectivity index (χ0n) is 22.5. The van der Waals surface area contributed by atoms with Gasteiger partial charge in [0.05, 0.1) is 37.7 Å². The number of hydrogen-bond donors (Lipinski definition) is 2. The van der Waals surface area contributed by atoms with E-state index in [1.165, 1.54) is 17.9 Å². The zero-order valence-corrected chi connectivity index (χ0v) is 22.5. The van der Waals surface area contributed by atoms with Crippen molar-refractivity contribution in [2.45, 2.75) is 12.8 Å². The monoisotopic (exact) mass is 555 g/mol. The van der Waals surface area contributed by atoms with E-state index >= 15 is 0 Å². The Morgan fingerprint density at radius 1 is 1.10 bits per heavy atom. The first-order valence-electron chi connectivity index (χ1n) is 12.8. The van der Waals surface area contributed by atoms with Gasteiger partial charge in [-0.05, 0) is 39.2 Å². The standard InChI is InChI=1S/C25H31F2N11O2/c1-36(2)9-5-8-29-23-30-14-15(28)18(32-23)21-33-24(37-10-12-40-13-11-37)35-25(34-21)38-16-6-4-7-17(39-3)19(16)31-22(38)20(26)27/h4,6-7,14,20H,5,8-13,28H2,1-3H3,(H,29,30,32). The van der Waals surface area contributed by atoms with E-state index in [0.717, 1.165) is 13.0 Å². The number of nitrogen functional groups attached to an aromatic ring is 1. The molecule has 1 fully saturated rings.